The zero-order valence-corrected chi connectivity index (χ0v) is 14.7. The number of hydrogen-bond donors (Lipinski definition) is 3. The SMILES string of the molecule is COC(=O)C(Nc1ccc(C(=N)N)cc1)c1cc(C)cc(C)c1.Cl. The van der Waals surface area contributed by atoms with Gasteiger partial charge in [-0.1, -0.05) is 29.3 Å². The average molecular weight is 348 g/mol. The normalized spacial score (nSPS) is 11.1. The number of aryl methyl sites for hydroxylation is 2. The van der Waals surface area contributed by atoms with Crippen LogP contribution < -0.4 is 11.1 Å². The number of esters is 1. The number of hydrogen-bond acceptors (Lipinski definition) is 4. The number of nitrogens with two attached hydrogens (primary N) is 1. The van der Waals surface area contributed by atoms with E-state index in [0.29, 0.717) is 5.56 Å². The molecule has 0 aliphatic heterocycles. The predicted molar refractivity (Wildman–Crippen MR) is 99.0 cm³/mol. The van der Waals surface area contributed by atoms with Gasteiger partial charge in [0.05, 0.1) is 7.11 Å². The van der Waals surface area contributed by atoms with Crippen LogP contribution in [0.15, 0.2) is 42.5 Å². The third-order valence-corrected chi connectivity index (χ3v) is 3.52. The van der Waals surface area contributed by atoms with Gasteiger partial charge in [0, 0.05) is 11.3 Å². The lowest BCUT2D eigenvalue weighted by molar-refractivity contribution is -0.141. The van der Waals surface area contributed by atoms with Crippen LogP contribution in [0.4, 0.5) is 5.69 Å². The topological polar surface area (TPSA) is 88.2 Å². The highest BCUT2D eigenvalue weighted by atomic mass is 35.5. The molecule has 0 bridgehead atoms. The second kappa shape index (κ2) is 8.36. The fourth-order valence-corrected chi connectivity index (χ4v) is 2.49. The molecule has 0 heterocycles. The molecule has 0 fully saturated rings. The molecule has 0 saturated carbocycles. The first-order valence-electron chi connectivity index (χ1n) is 7.27. The number of carbonyl (C=O) groups is 1. The van der Waals surface area contributed by atoms with E-state index in [1.807, 2.05) is 26.0 Å². The number of rotatable bonds is 5. The van der Waals surface area contributed by atoms with Gasteiger partial charge in [-0.3, -0.25) is 5.41 Å². The van der Waals surface area contributed by atoms with Crippen molar-refractivity contribution in [1.82, 2.24) is 0 Å². The Hall–Kier alpha value is -2.53. The summed E-state index contributed by atoms with van der Waals surface area (Å²) in [6.07, 6.45) is 0. The van der Waals surface area contributed by atoms with Gasteiger partial charge >= 0.3 is 5.97 Å². The van der Waals surface area contributed by atoms with Crippen LogP contribution in [0.25, 0.3) is 0 Å². The lowest BCUT2D eigenvalue weighted by atomic mass is 10.0. The van der Waals surface area contributed by atoms with Crippen molar-refractivity contribution in [3.63, 3.8) is 0 Å². The highest BCUT2D eigenvalue weighted by molar-refractivity contribution is 5.95. The molecule has 0 aliphatic carbocycles. The minimum absolute atomic E-state index is 0. The highest BCUT2D eigenvalue weighted by Crippen LogP contribution is 2.23. The van der Waals surface area contributed by atoms with Crippen molar-refractivity contribution in [3.8, 4) is 0 Å². The first-order chi connectivity index (χ1) is 10.9. The first-order valence-corrected chi connectivity index (χ1v) is 7.27. The predicted octanol–water partition coefficient (Wildman–Crippen LogP) is 3.34. The van der Waals surface area contributed by atoms with Crippen LogP contribution in [0, 0.1) is 19.3 Å². The summed E-state index contributed by atoms with van der Waals surface area (Å²) in [5.74, 6) is -0.346. The van der Waals surface area contributed by atoms with Crippen molar-refractivity contribution in [2.45, 2.75) is 19.9 Å². The van der Waals surface area contributed by atoms with E-state index >= 15 is 0 Å². The van der Waals surface area contributed by atoms with Crippen LogP contribution in [0.3, 0.4) is 0 Å². The summed E-state index contributed by atoms with van der Waals surface area (Å²) >= 11 is 0. The molecule has 0 spiro atoms. The zero-order valence-electron chi connectivity index (χ0n) is 13.9. The third kappa shape index (κ3) is 4.73. The minimum atomic E-state index is -0.596. The maximum absolute atomic E-state index is 12.2. The summed E-state index contributed by atoms with van der Waals surface area (Å²) in [4.78, 5) is 12.2. The van der Waals surface area contributed by atoms with E-state index < -0.39 is 6.04 Å². The Morgan fingerprint density at radius 2 is 1.67 bits per heavy atom. The van der Waals surface area contributed by atoms with Crippen LogP contribution >= 0.6 is 12.4 Å². The fourth-order valence-electron chi connectivity index (χ4n) is 2.49. The summed E-state index contributed by atoms with van der Waals surface area (Å²) in [6, 6.07) is 12.4. The van der Waals surface area contributed by atoms with Gasteiger partial charge in [-0.25, -0.2) is 4.79 Å². The van der Waals surface area contributed by atoms with Crippen molar-refractivity contribution >= 4 is 29.9 Å². The van der Waals surface area contributed by atoms with E-state index in [0.717, 1.165) is 22.4 Å². The van der Waals surface area contributed by atoms with E-state index in [1.54, 1.807) is 24.3 Å². The molecular weight excluding hydrogens is 326 g/mol. The van der Waals surface area contributed by atoms with Crippen molar-refractivity contribution in [1.29, 1.82) is 5.41 Å². The molecule has 0 radical (unpaired) electrons. The standard InChI is InChI=1S/C18H21N3O2.ClH/c1-11-8-12(2)10-14(9-11)16(18(22)23-3)21-15-6-4-13(5-7-15)17(19)20;/h4-10,16,21H,1-3H3,(H3,19,20);1H. The van der Waals surface area contributed by atoms with Gasteiger partial charge in [0.25, 0.3) is 0 Å². The molecule has 128 valence electrons. The van der Waals surface area contributed by atoms with Crippen molar-refractivity contribution < 1.29 is 9.53 Å². The molecule has 2 aromatic carbocycles. The maximum atomic E-state index is 12.2. The number of halogens is 1. The molecule has 6 heteroatoms. The van der Waals surface area contributed by atoms with Gasteiger partial charge in [0.15, 0.2) is 6.04 Å². The molecule has 4 N–H and O–H groups in total. The molecule has 2 rings (SSSR count). The second-order valence-electron chi connectivity index (χ2n) is 5.51. The van der Waals surface area contributed by atoms with E-state index in [2.05, 4.69) is 11.4 Å². The fraction of sp³-hybridized carbons (Fsp3) is 0.222. The Morgan fingerprint density at radius 1 is 1.12 bits per heavy atom. The first kappa shape index (κ1) is 19.5. The van der Waals surface area contributed by atoms with Gasteiger partial charge in [-0.2, -0.15) is 0 Å². The quantitative estimate of drug-likeness (QED) is 0.439. The van der Waals surface area contributed by atoms with Gasteiger partial charge in [-0.15, -0.1) is 12.4 Å². The lowest BCUT2D eigenvalue weighted by Gasteiger charge is -2.19. The van der Waals surface area contributed by atoms with Gasteiger partial charge in [0.1, 0.15) is 5.84 Å². The summed E-state index contributed by atoms with van der Waals surface area (Å²) in [6.45, 7) is 3.99. The molecule has 1 atom stereocenters. The molecule has 0 aromatic heterocycles. The minimum Gasteiger partial charge on any atom is -0.467 e. The summed E-state index contributed by atoms with van der Waals surface area (Å²) in [5, 5.41) is 10.6. The Bertz CT molecular complexity index is 709. The molecular formula is C18H22ClN3O2. The second-order valence-corrected chi connectivity index (χ2v) is 5.51. The van der Waals surface area contributed by atoms with Gasteiger partial charge in [-0.05, 0) is 43.7 Å². The summed E-state index contributed by atoms with van der Waals surface area (Å²) in [7, 11) is 1.37. The molecule has 2 aromatic rings. The molecule has 5 nitrogen and oxygen atoms in total. The smallest absolute Gasteiger partial charge is 0.332 e. The largest absolute Gasteiger partial charge is 0.467 e. The van der Waals surface area contributed by atoms with Crippen molar-refractivity contribution in [3.05, 3.63) is 64.7 Å². The summed E-state index contributed by atoms with van der Waals surface area (Å²) < 4.78 is 4.93. The molecule has 1 unspecified atom stereocenters. The Morgan fingerprint density at radius 3 is 2.12 bits per heavy atom. The summed E-state index contributed by atoms with van der Waals surface area (Å²) in [5.41, 5.74) is 9.86. The highest BCUT2D eigenvalue weighted by Gasteiger charge is 2.21. The Balaban J connectivity index is 0.00000288. The number of nitrogens with one attached hydrogen (secondary N) is 2. The molecule has 0 saturated heterocycles. The van der Waals surface area contributed by atoms with E-state index in [4.69, 9.17) is 15.9 Å². The number of methoxy groups -OCH3 is 1. The van der Waals surface area contributed by atoms with E-state index in [1.165, 1.54) is 7.11 Å². The number of benzene rings is 2. The molecule has 0 amide bonds. The number of nitrogen functional groups attached to an aromatic ring is 1. The lowest BCUT2D eigenvalue weighted by Crippen LogP contribution is -2.22. The number of anilines is 1. The van der Waals surface area contributed by atoms with E-state index in [9.17, 15) is 4.79 Å². The van der Waals surface area contributed by atoms with Gasteiger partial charge < -0.3 is 15.8 Å². The number of ether oxygens (including phenoxy) is 1. The number of carbonyl (C=O) groups excluding carboxylic acids is 1. The van der Waals surface area contributed by atoms with Crippen LogP contribution in [-0.2, 0) is 9.53 Å². The maximum Gasteiger partial charge on any atom is 0.332 e. The van der Waals surface area contributed by atoms with Crippen LogP contribution in [0.1, 0.15) is 28.3 Å². The molecule has 24 heavy (non-hydrogen) atoms. The van der Waals surface area contributed by atoms with Crippen LogP contribution in [0.5, 0.6) is 0 Å². The van der Waals surface area contributed by atoms with E-state index in [-0.39, 0.29) is 24.2 Å². The third-order valence-electron chi connectivity index (χ3n) is 3.52. The molecule has 0 aliphatic rings. The zero-order chi connectivity index (χ0) is 17.0. The van der Waals surface area contributed by atoms with Crippen molar-refractivity contribution in [2.24, 2.45) is 5.73 Å². The van der Waals surface area contributed by atoms with Crippen LogP contribution in [-0.4, -0.2) is 18.9 Å². The number of amidine groups is 1. The average Bonchev–Trinajstić information content (AvgIpc) is 2.51. The van der Waals surface area contributed by atoms with Gasteiger partial charge in [0.2, 0.25) is 0 Å². The monoisotopic (exact) mass is 347 g/mol. The Kier molecular flexibility index (Phi) is 6.80. The Labute approximate surface area is 148 Å². The van der Waals surface area contributed by atoms with Crippen LogP contribution in [0.2, 0.25) is 0 Å². The van der Waals surface area contributed by atoms with Crippen molar-refractivity contribution in [2.75, 3.05) is 12.4 Å².